The van der Waals surface area contributed by atoms with Crippen molar-refractivity contribution in [3.8, 4) is 5.75 Å². The van der Waals surface area contributed by atoms with Gasteiger partial charge in [-0.15, -0.1) is 0 Å². The highest BCUT2D eigenvalue weighted by Gasteiger charge is 2.34. The summed E-state index contributed by atoms with van der Waals surface area (Å²) in [4.78, 5) is 0. The van der Waals surface area contributed by atoms with Crippen molar-refractivity contribution in [2.75, 3.05) is 19.8 Å². The Morgan fingerprint density at radius 3 is 3.05 bits per heavy atom. The monoisotopic (exact) mass is 279 g/mol. The molecule has 20 heavy (non-hydrogen) atoms. The van der Waals surface area contributed by atoms with Crippen LogP contribution < -0.4 is 10.1 Å². The van der Waals surface area contributed by atoms with Crippen LogP contribution >= 0.6 is 0 Å². The van der Waals surface area contributed by atoms with Crippen LogP contribution in [0.3, 0.4) is 0 Å². The molecule has 2 aliphatic heterocycles. The molecule has 4 heteroatoms. The lowest BCUT2D eigenvalue weighted by atomic mass is 9.87. The fourth-order valence-corrected chi connectivity index (χ4v) is 3.26. The first kappa shape index (κ1) is 13.8. The number of benzene rings is 1. The van der Waals surface area contributed by atoms with E-state index in [0.29, 0.717) is 5.92 Å². The fourth-order valence-electron chi connectivity index (χ4n) is 3.26. The van der Waals surface area contributed by atoms with Crippen LogP contribution in [-0.4, -0.2) is 25.9 Å². The van der Waals surface area contributed by atoms with Crippen LogP contribution in [0, 0.1) is 11.7 Å². The summed E-state index contributed by atoms with van der Waals surface area (Å²) in [6, 6.07) is 4.99. The van der Waals surface area contributed by atoms with Gasteiger partial charge in [-0.1, -0.05) is 6.92 Å². The normalized spacial score (nSPS) is 29.6. The zero-order valence-corrected chi connectivity index (χ0v) is 11.9. The molecule has 0 aliphatic carbocycles. The van der Waals surface area contributed by atoms with Crippen molar-refractivity contribution < 1.29 is 13.9 Å². The molecule has 0 saturated carbocycles. The molecule has 0 amide bonds. The van der Waals surface area contributed by atoms with Gasteiger partial charge in [0.25, 0.3) is 0 Å². The lowest BCUT2D eigenvalue weighted by Gasteiger charge is -2.38. The number of ether oxygens (including phenoxy) is 2. The lowest BCUT2D eigenvalue weighted by molar-refractivity contribution is -0.0110. The van der Waals surface area contributed by atoms with Gasteiger partial charge in [0, 0.05) is 30.6 Å². The third-order valence-electron chi connectivity index (χ3n) is 4.27. The zero-order chi connectivity index (χ0) is 13.9. The molecule has 3 atom stereocenters. The Labute approximate surface area is 119 Å². The molecule has 110 valence electrons. The predicted octanol–water partition coefficient (Wildman–Crippen LogP) is 3.05. The standard InChI is InChI=1S/C16H22FNO2/c1-2-18-14-9-16(11-4-3-7-19-10-11)20-15-6-5-12(17)8-13(14)15/h5-6,8,11,14,16,18H,2-4,7,9-10H2,1H3. The van der Waals surface area contributed by atoms with Gasteiger partial charge in [-0.25, -0.2) is 4.39 Å². The third kappa shape index (κ3) is 2.81. The predicted molar refractivity (Wildman–Crippen MR) is 75.4 cm³/mol. The molecule has 1 aromatic carbocycles. The minimum absolute atomic E-state index is 0.164. The Balaban J connectivity index is 1.82. The molecule has 1 saturated heterocycles. The Bertz CT molecular complexity index is 460. The summed E-state index contributed by atoms with van der Waals surface area (Å²) in [5.74, 6) is 1.07. The molecule has 1 aromatic rings. The first-order chi connectivity index (χ1) is 9.78. The fraction of sp³-hybridized carbons (Fsp3) is 0.625. The molecule has 0 bridgehead atoms. The maximum absolute atomic E-state index is 13.5. The highest BCUT2D eigenvalue weighted by molar-refractivity contribution is 5.38. The van der Waals surface area contributed by atoms with E-state index < -0.39 is 0 Å². The van der Waals surface area contributed by atoms with E-state index in [0.717, 1.165) is 50.3 Å². The van der Waals surface area contributed by atoms with Crippen molar-refractivity contribution in [1.82, 2.24) is 5.32 Å². The van der Waals surface area contributed by atoms with E-state index in [-0.39, 0.29) is 18.0 Å². The van der Waals surface area contributed by atoms with Crippen LogP contribution in [0.1, 0.15) is 37.8 Å². The molecule has 0 aromatic heterocycles. The first-order valence-electron chi connectivity index (χ1n) is 7.55. The van der Waals surface area contributed by atoms with Gasteiger partial charge in [-0.2, -0.15) is 0 Å². The second-order valence-corrected chi connectivity index (χ2v) is 5.66. The highest BCUT2D eigenvalue weighted by Crippen LogP contribution is 2.38. The molecular weight excluding hydrogens is 257 g/mol. The number of fused-ring (bicyclic) bond motifs is 1. The van der Waals surface area contributed by atoms with Gasteiger partial charge in [0.05, 0.1) is 6.61 Å². The first-order valence-corrected chi connectivity index (χ1v) is 7.55. The topological polar surface area (TPSA) is 30.5 Å². The van der Waals surface area contributed by atoms with Crippen LogP contribution in [0.4, 0.5) is 4.39 Å². The van der Waals surface area contributed by atoms with E-state index >= 15 is 0 Å². The van der Waals surface area contributed by atoms with Gasteiger partial charge in [-0.3, -0.25) is 0 Å². The zero-order valence-electron chi connectivity index (χ0n) is 11.9. The van der Waals surface area contributed by atoms with Crippen LogP contribution in [0.15, 0.2) is 18.2 Å². The maximum Gasteiger partial charge on any atom is 0.124 e. The summed E-state index contributed by atoms with van der Waals surface area (Å²) in [6.45, 7) is 4.59. The number of halogens is 1. The van der Waals surface area contributed by atoms with Crippen LogP contribution in [-0.2, 0) is 4.74 Å². The van der Waals surface area contributed by atoms with Crippen LogP contribution in [0.5, 0.6) is 5.75 Å². The quantitative estimate of drug-likeness (QED) is 0.922. The van der Waals surface area contributed by atoms with Gasteiger partial charge in [0.2, 0.25) is 0 Å². The summed E-state index contributed by atoms with van der Waals surface area (Å²) in [5, 5.41) is 3.45. The van der Waals surface area contributed by atoms with Crippen molar-refractivity contribution in [3.05, 3.63) is 29.6 Å². The summed E-state index contributed by atoms with van der Waals surface area (Å²) in [6.07, 6.45) is 3.31. The second kappa shape index (κ2) is 6.10. The number of nitrogens with one attached hydrogen (secondary N) is 1. The average molecular weight is 279 g/mol. The van der Waals surface area contributed by atoms with Crippen molar-refractivity contribution in [2.24, 2.45) is 5.92 Å². The van der Waals surface area contributed by atoms with E-state index in [1.165, 1.54) is 6.07 Å². The molecule has 0 spiro atoms. The van der Waals surface area contributed by atoms with Crippen molar-refractivity contribution in [1.29, 1.82) is 0 Å². The molecule has 2 heterocycles. The second-order valence-electron chi connectivity index (χ2n) is 5.66. The van der Waals surface area contributed by atoms with E-state index in [2.05, 4.69) is 12.2 Å². The summed E-state index contributed by atoms with van der Waals surface area (Å²) >= 11 is 0. The Morgan fingerprint density at radius 1 is 1.40 bits per heavy atom. The molecule has 0 radical (unpaired) electrons. The van der Waals surface area contributed by atoms with Gasteiger partial charge in [0.15, 0.2) is 0 Å². The molecular formula is C16H22FNO2. The number of rotatable bonds is 3. The molecule has 1 fully saturated rings. The molecule has 3 nitrogen and oxygen atoms in total. The van der Waals surface area contributed by atoms with E-state index in [1.54, 1.807) is 12.1 Å². The van der Waals surface area contributed by atoms with Crippen molar-refractivity contribution in [3.63, 3.8) is 0 Å². The summed E-state index contributed by atoms with van der Waals surface area (Å²) in [5.41, 5.74) is 0.944. The molecule has 3 unspecified atom stereocenters. The number of hydrogen-bond acceptors (Lipinski definition) is 3. The molecule has 2 aliphatic rings. The Kier molecular flexibility index (Phi) is 4.22. The van der Waals surface area contributed by atoms with Gasteiger partial charge in [0.1, 0.15) is 17.7 Å². The maximum atomic E-state index is 13.5. The average Bonchev–Trinajstić information content (AvgIpc) is 2.49. The largest absolute Gasteiger partial charge is 0.490 e. The van der Waals surface area contributed by atoms with Crippen LogP contribution in [0.2, 0.25) is 0 Å². The van der Waals surface area contributed by atoms with Gasteiger partial charge < -0.3 is 14.8 Å². The SMILES string of the molecule is CCNC1CC(C2CCCOC2)Oc2ccc(F)cc21. The van der Waals surface area contributed by atoms with Crippen molar-refractivity contribution in [2.45, 2.75) is 38.3 Å². The number of hydrogen-bond donors (Lipinski definition) is 1. The molecule has 3 rings (SSSR count). The summed E-state index contributed by atoms with van der Waals surface area (Å²) in [7, 11) is 0. The minimum atomic E-state index is -0.199. The lowest BCUT2D eigenvalue weighted by Crippen LogP contribution is -2.40. The summed E-state index contributed by atoms with van der Waals surface area (Å²) < 4.78 is 25.2. The van der Waals surface area contributed by atoms with Gasteiger partial charge in [-0.05, 0) is 37.6 Å². The van der Waals surface area contributed by atoms with Crippen LogP contribution in [0.25, 0.3) is 0 Å². The van der Waals surface area contributed by atoms with E-state index in [9.17, 15) is 4.39 Å². The van der Waals surface area contributed by atoms with Gasteiger partial charge >= 0.3 is 0 Å². The van der Waals surface area contributed by atoms with E-state index in [1.807, 2.05) is 0 Å². The highest BCUT2D eigenvalue weighted by atomic mass is 19.1. The minimum Gasteiger partial charge on any atom is -0.490 e. The molecule has 1 N–H and O–H groups in total. The van der Waals surface area contributed by atoms with Crippen molar-refractivity contribution >= 4 is 0 Å². The van der Waals surface area contributed by atoms with E-state index in [4.69, 9.17) is 9.47 Å². The Morgan fingerprint density at radius 2 is 2.30 bits per heavy atom. The third-order valence-corrected chi connectivity index (χ3v) is 4.27. The Hall–Kier alpha value is -1.13. The smallest absolute Gasteiger partial charge is 0.124 e.